The Labute approximate surface area is 148 Å². The molecule has 0 fully saturated rings. The molecule has 1 N–H and O–H groups in total. The molecule has 8 nitrogen and oxygen atoms in total. The van der Waals surface area contributed by atoms with Crippen LogP contribution in [-0.4, -0.2) is 32.1 Å². The number of aromatic hydroxyl groups is 1. The number of esters is 1. The van der Waals surface area contributed by atoms with E-state index in [0.717, 1.165) is 6.07 Å². The van der Waals surface area contributed by atoms with E-state index >= 15 is 0 Å². The van der Waals surface area contributed by atoms with Crippen LogP contribution in [0, 0.1) is 0 Å². The predicted molar refractivity (Wildman–Crippen MR) is 88.4 cm³/mol. The summed E-state index contributed by atoms with van der Waals surface area (Å²) in [4.78, 5) is 24.0. The molecule has 0 bridgehead atoms. The molecule has 1 aliphatic rings. The molecule has 26 heavy (non-hydrogen) atoms. The second-order valence-corrected chi connectivity index (χ2v) is 5.67. The first-order chi connectivity index (χ1) is 12.5. The van der Waals surface area contributed by atoms with E-state index in [1.807, 2.05) is 0 Å². The first-order valence-electron chi connectivity index (χ1n) is 7.84. The van der Waals surface area contributed by atoms with Crippen LogP contribution in [-0.2, 0) is 20.9 Å². The number of methoxy groups -OCH3 is 2. The van der Waals surface area contributed by atoms with Gasteiger partial charge in [0.25, 0.3) is 0 Å². The van der Waals surface area contributed by atoms with Gasteiger partial charge in [0.05, 0.1) is 19.4 Å². The van der Waals surface area contributed by atoms with E-state index in [-0.39, 0.29) is 31.3 Å². The van der Waals surface area contributed by atoms with Crippen molar-refractivity contribution in [2.24, 2.45) is 0 Å². The minimum absolute atomic E-state index is 0.0335. The fourth-order valence-corrected chi connectivity index (χ4v) is 2.75. The first-order valence-corrected chi connectivity index (χ1v) is 7.84. The summed E-state index contributed by atoms with van der Waals surface area (Å²) >= 11 is 0. The molecular weight excluding hydrogens is 344 g/mol. The van der Waals surface area contributed by atoms with Crippen LogP contribution in [0.3, 0.4) is 0 Å². The minimum Gasteiger partial charge on any atom is -0.502 e. The third-order valence-corrected chi connectivity index (χ3v) is 4.00. The monoisotopic (exact) mass is 362 g/mol. The Kier molecular flexibility index (Phi) is 5.13. The van der Waals surface area contributed by atoms with Crippen LogP contribution in [0.5, 0.6) is 17.2 Å². The lowest BCUT2D eigenvalue weighted by atomic mass is 9.92. The number of carbonyl (C=O) groups is 1. The fraction of sp³-hybridized carbons (Fsp3) is 0.333. The van der Waals surface area contributed by atoms with Crippen molar-refractivity contribution in [1.29, 1.82) is 0 Å². The molecule has 0 aliphatic carbocycles. The number of ether oxygens (including phenoxy) is 4. The Morgan fingerprint density at radius 2 is 2.00 bits per heavy atom. The Bertz CT molecular complexity index is 870. The van der Waals surface area contributed by atoms with Gasteiger partial charge in [-0.25, -0.2) is 0 Å². The number of rotatable bonds is 6. The Hall–Kier alpha value is -3.00. The van der Waals surface area contributed by atoms with Gasteiger partial charge in [0, 0.05) is 13.2 Å². The van der Waals surface area contributed by atoms with Crippen molar-refractivity contribution in [2.45, 2.75) is 18.9 Å². The maximum atomic E-state index is 12.1. The lowest BCUT2D eigenvalue weighted by molar-refractivity contribution is -0.140. The van der Waals surface area contributed by atoms with Gasteiger partial charge in [0.2, 0.25) is 18.0 Å². The Morgan fingerprint density at radius 1 is 1.23 bits per heavy atom. The lowest BCUT2D eigenvalue weighted by Crippen LogP contribution is -2.14. The second kappa shape index (κ2) is 7.49. The van der Waals surface area contributed by atoms with Gasteiger partial charge < -0.3 is 28.5 Å². The zero-order valence-electron chi connectivity index (χ0n) is 14.3. The molecule has 3 rings (SSSR count). The van der Waals surface area contributed by atoms with Crippen molar-refractivity contribution in [1.82, 2.24) is 0 Å². The molecule has 1 aromatic heterocycles. The lowest BCUT2D eigenvalue weighted by Gasteiger charge is -2.17. The van der Waals surface area contributed by atoms with E-state index in [9.17, 15) is 14.7 Å². The summed E-state index contributed by atoms with van der Waals surface area (Å²) in [5, 5.41) is 10.2. The summed E-state index contributed by atoms with van der Waals surface area (Å²) in [6.45, 7) is 0.152. The third-order valence-electron chi connectivity index (χ3n) is 4.00. The van der Waals surface area contributed by atoms with Crippen LogP contribution in [0.15, 0.2) is 33.5 Å². The van der Waals surface area contributed by atoms with E-state index in [1.165, 1.54) is 14.2 Å². The molecule has 2 aromatic rings. The van der Waals surface area contributed by atoms with Gasteiger partial charge in [-0.2, -0.15) is 0 Å². The standard InChI is InChI=1S/C18H18O8/c1-22-8-11-6-13(19)17(21)18(26-11)12(7-16(20)23-2)10-3-4-14-15(5-10)25-9-24-14/h3-6,12,21H,7-9H2,1-2H3/t12-/m0/s1. The fourth-order valence-electron chi connectivity index (χ4n) is 2.75. The summed E-state index contributed by atoms with van der Waals surface area (Å²) in [6.07, 6.45) is -0.136. The molecule has 0 saturated heterocycles. The van der Waals surface area contributed by atoms with Crippen LogP contribution in [0.1, 0.15) is 29.4 Å². The van der Waals surface area contributed by atoms with E-state index in [2.05, 4.69) is 0 Å². The minimum atomic E-state index is -0.749. The number of hydrogen-bond acceptors (Lipinski definition) is 8. The number of carbonyl (C=O) groups excluding carboxylic acids is 1. The molecule has 0 unspecified atom stereocenters. The van der Waals surface area contributed by atoms with Crippen LogP contribution in [0.4, 0.5) is 0 Å². The highest BCUT2D eigenvalue weighted by Crippen LogP contribution is 2.39. The van der Waals surface area contributed by atoms with E-state index < -0.39 is 23.1 Å². The summed E-state index contributed by atoms with van der Waals surface area (Å²) < 4.78 is 26.0. The Balaban J connectivity index is 2.10. The van der Waals surface area contributed by atoms with Crippen molar-refractivity contribution in [3.8, 4) is 17.2 Å². The molecule has 1 aromatic carbocycles. The molecule has 2 heterocycles. The molecule has 0 saturated carbocycles. The number of benzene rings is 1. The van der Waals surface area contributed by atoms with Gasteiger partial charge >= 0.3 is 5.97 Å². The van der Waals surface area contributed by atoms with Crippen LogP contribution in [0.2, 0.25) is 0 Å². The van der Waals surface area contributed by atoms with Crippen LogP contribution < -0.4 is 14.9 Å². The highest BCUT2D eigenvalue weighted by Gasteiger charge is 2.28. The third kappa shape index (κ3) is 3.50. The summed E-state index contributed by atoms with van der Waals surface area (Å²) in [7, 11) is 2.71. The zero-order valence-corrected chi connectivity index (χ0v) is 14.3. The molecule has 0 radical (unpaired) electrons. The summed E-state index contributed by atoms with van der Waals surface area (Å²) in [5.74, 6) is -0.545. The van der Waals surface area contributed by atoms with E-state index in [0.29, 0.717) is 17.1 Å². The normalized spacial score (nSPS) is 13.5. The number of fused-ring (bicyclic) bond motifs is 1. The van der Waals surface area contributed by atoms with Gasteiger partial charge in [-0.15, -0.1) is 0 Å². The van der Waals surface area contributed by atoms with Crippen molar-refractivity contribution in [3.63, 3.8) is 0 Å². The maximum Gasteiger partial charge on any atom is 0.306 e. The molecule has 0 spiro atoms. The summed E-state index contributed by atoms with van der Waals surface area (Å²) in [5.41, 5.74) is -0.0124. The smallest absolute Gasteiger partial charge is 0.306 e. The van der Waals surface area contributed by atoms with Crippen molar-refractivity contribution in [2.75, 3.05) is 21.0 Å². The maximum absolute atomic E-state index is 12.1. The molecule has 138 valence electrons. The van der Waals surface area contributed by atoms with Gasteiger partial charge in [-0.1, -0.05) is 6.07 Å². The zero-order chi connectivity index (χ0) is 18.7. The topological polar surface area (TPSA) is 104 Å². The summed E-state index contributed by atoms with van der Waals surface area (Å²) in [6, 6.07) is 6.23. The molecule has 8 heteroatoms. The van der Waals surface area contributed by atoms with Crippen molar-refractivity contribution in [3.05, 3.63) is 51.6 Å². The molecule has 1 aliphatic heterocycles. The highest BCUT2D eigenvalue weighted by atomic mass is 16.7. The Morgan fingerprint density at radius 3 is 2.73 bits per heavy atom. The van der Waals surface area contributed by atoms with Crippen LogP contribution in [0.25, 0.3) is 0 Å². The average Bonchev–Trinajstić information content (AvgIpc) is 3.10. The van der Waals surface area contributed by atoms with E-state index in [4.69, 9.17) is 23.4 Å². The quantitative estimate of drug-likeness (QED) is 0.777. The van der Waals surface area contributed by atoms with Gasteiger partial charge in [-0.3, -0.25) is 9.59 Å². The number of hydrogen-bond donors (Lipinski definition) is 1. The first kappa shape index (κ1) is 17.8. The average molecular weight is 362 g/mol. The van der Waals surface area contributed by atoms with Gasteiger partial charge in [0.15, 0.2) is 17.3 Å². The molecular formula is C18H18O8. The van der Waals surface area contributed by atoms with Crippen molar-refractivity contribution < 1.29 is 33.3 Å². The van der Waals surface area contributed by atoms with Gasteiger partial charge in [0.1, 0.15) is 12.4 Å². The van der Waals surface area contributed by atoms with Gasteiger partial charge in [-0.05, 0) is 17.7 Å². The molecule has 0 amide bonds. The SMILES string of the molecule is COCc1cc(=O)c(O)c([C@@H](CC(=O)OC)c2ccc3c(c2)OCO3)o1. The van der Waals surface area contributed by atoms with E-state index in [1.54, 1.807) is 18.2 Å². The second-order valence-electron chi connectivity index (χ2n) is 5.67. The van der Waals surface area contributed by atoms with Crippen LogP contribution >= 0.6 is 0 Å². The predicted octanol–water partition coefficient (Wildman–Crippen LogP) is 1.92. The molecule has 1 atom stereocenters. The van der Waals surface area contributed by atoms with Crippen molar-refractivity contribution >= 4 is 5.97 Å². The highest BCUT2D eigenvalue weighted by molar-refractivity contribution is 5.71. The largest absolute Gasteiger partial charge is 0.502 e.